The SMILES string of the molecule is CCC(C)C(=O)NCOC(=O)c1ccc(OS(=O)(=O)CCC(F)(F)S(=O)(=O)O)c([N+](=O)[O-])c1. The van der Waals surface area contributed by atoms with Crippen LogP contribution < -0.4 is 9.50 Å². The molecule has 0 radical (unpaired) electrons. The zero-order valence-electron chi connectivity index (χ0n) is 17.2. The zero-order valence-corrected chi connectivity index (χ0v) is 18.8. The van der Waals surface area contributed by atoms with Gasteiger partial charge in [-0.3, -0.25) is 19.5 Å². The van der Waals surface area contributed by atoms with E-state index in [1.54, 1.807) is 13.8 Å². The van der Waals surface area contributed by atoms with E-state index < -0.39 is 78.2 Å². The first kappa shape index (κ1) is 28.1. The summed E-state index contributed by atoms with van der Waals surface area (Å²) in [6.07, 6.45) is -1.35. The van der Waals surface area contributed by atoms with Crippen molar-refractivity contribution in [3.05, 3.63) is 33.9 Å². The van der Waals surface area contributed by atoms with Gasteiger partial charge in [-0.2, -0.15) is 25.6 Å². The summed E-state index contributed by atoms with van der Waals surface area (Å²) in [7, 11) is -10.9. The Morgan fingerprint density at radius 1 is 1.27 bits per heavy atom. The van der Waals surface area contributed by atoms with Crippen LogP contribution in [0.25, 0.3) is 0 Å². The number of hydrogen-bond donors (Lipinski definition) is 2. The van der Waals surface area contributed by atoms with Crippen LogP contribution >= 0.6 is 0 Å². The molecule has 0 saturated carbocycles. The van der Waals surface area contributed by atoms with Gasteiger partial charge in [0.25, 0.3) is 0 Å². The average molecular weight is 518 g/mol. The molecule has 186 valence electrons. The van der Waals surface area contributed by atoms with Crippen molar-refractivity contribution in [1.82, 2.24) is 5.32 Å². The van der Waals surface area contributed by atoms with Gasteiger partial charge in [0.1, 0.15) is 0 Å². The van der Waals surface area contributed by atoms with Crippen molar-refractivity contribution in [2.75, 3.05) is 12.5 Å². The molecule has 1 rings (SSSR count). The van der Waals surface area contributed by atoms with Crippen LogP contribution in [-0.4, -0.2) is 55.9 Å². The fraction of sp³-hybridized carbons (Fsp3) is 0.500. The van der Waals surface area contributed by atoms with Gasteiger partial charge in [0.05, 0.1) is 16.2 Å². The first-order valence-electron chi connectivity index (χ1n) is 9.01. The second-order valence-corrected chi connectivity index (χ2v) is 9.81. The molecule has 1 unspecified atom stereocenters. The van der Waals surface area contributed by atoms with E-state index in [4.69, 9.17) is 9.29 Å². The van der Waals surface area contributed by atoms with E-state index in [0.717, 1.165) is 6.07 Å². The van der Waals surface area contributed by atoms with E-state index in [0.29, 0.717) is 18.6 Å². The standard InChI is InChI=1S/C16H20F2N2O11S2/c1-3-10(2)14(21)19-9-30-15(22)11-4-5-13(12(8-11)20(23)24)31-32(25,26)7-6-16(17,18)33(27,28)29/h4-5,8,10H,3,6-7,9H2,1-2H3,(H,19,21)(H,27,28,29). The number of carbonyl (C=O) groups is 2. The molecule has 0 aliphatic rings. The second kappa shape index (κ2) is 10.8. The molecule has 2 N–H and O–H groups in total. The van der Waals surface area contributed by atoms with Crippen molar-refractivity contribution in [1.29, 1.82) is 0 Å². The minimum Gasteiger partial charge on any atom is -0.441 e. The summed E-state index contributed by atoms with van der Waals surface area (Å²) in [5.74, 6) is -4.41. The molecule has 1 amide bonds. The highest BCUT2D eigenvalue weighted by Gasteiger charge is 2.45. The molecule has 0 heterocycles. The van der Waals surface area contributed by atoms with Gasteiger partial charge in [0.2, 0.25) is 11.7 Å². The summed E-state index contributed by atoms with van der Waals surface area (Å²) >= 11 is 0. The predicted molar refractivity (Wildman–Crippen MR) is 107 cm³/mol. The quantitative estimate of drug-likeness (QED) is 0.101. The van der Waals surface area contributed by atoms with Crippen LogP contribution in [0.3, 0.4) is 0 Å². The molecule has 13 nitrogen and oxygen atoms in total. The molecule has 0 aromatic heterocycles. The molecule has 17 heteroatoms. The number of nitro groups is 1. The number of hydrogen-bond acceptors (Lipinski definition) is 10. The van der Waals surface area contributed by atoms with Gasteiger partial charge in [-0.05, 0) is 18.6 Å². The van der Waals surface area contributed by atoms with E-state index in [2.05, 4.69) is 9.50 Å². The molecule has 33 heavy (non-hydrogen) atoms. The van der Waals surface area contributed by atoms with Gasteiger partial charge < -0.3 is 14.2 Å². The van der Waals surface area contributed by atoms with Crippen molar-refractivity contribution in [2.24, 2.45) is 5.92 Å². The van der Waals surface area contributed by atoms with Crippen LogP contribution in [0, 0.1) is 16.0 Å². The molecule has 0 spiro atoms. The van der Waals surface area contributed by atoms with Crippen molar-refractivity contribution >= 4 is 37.8 Å². The maximum atomic E-state index is 13.2. The van der Waals surface area contributed by atoms with E-state index in [-0.39, 0.29) is 5.92 Å². The highest BCUT2D eigenvalue weighted by atomic mass is 32.2. The number of ether oxygens (including phenoxy) is 1. The molecular formula is C16H20F2N2O11S2. The summed E-state index contributed by atoms with van der Waals surface area (Å²) in [6, 6.07) is 2.16. The molecule has 1 aromatic rings. The lowest BCUT2D eigenvalue weighted by Crippen LogP contribution is -2.32. The number of alkyl halides is 2. The monoisotopic (exact) mass is 518 g/mol. The number of nitrogens with zero attached hydrogens (tertiary/aromatic N) is 1. The molecule has 0 fully saturated rings. The Morgan fingerprint density at radius 3 is 2.39 bits per heavy atom. The molecule has 1 atom stereocenters. The number of benzene rings is 1. The molecule has 0 saturated heterocycles. The number of amides is 1. The van der Waals surface area contributed by atoms with Gasteiger partial charge in [0.15, 0.2) is 6.73 Å². The third kappa shape index (κ3) is 8.17. The third-order valence-corrected chi connectivity index (χ3v) is 6.23. The minimum atomic E-state index is -5.89. The van der Waals surface area contributed by atoms with Gasteiger partial charge >= 0.3 is 37.1 Å². The van der Waals surface area contributed by atoms with E-state index in [1.165, 1.54) is 0 Å². The van der Waals surface area contributed by atoms with Crippen molar-refractivity contribution in [3.63, 3.8) is 0 Å². The lowest BCUT2D eigenvalue weighted by Gasteiger charge is -2.13. The Labute approximate surface area is 187 Å². The number of rotatable bonds is 12. The van der Waals surface area contributed by atoms with Gasteiger partial charge in [-0.1, -0.05) is 13.8 Å². The topological polar surface area (TPSA) is 196 Å². The summed E-state index contributed by atoms with van der Waals surface area (Å²) in [5, 5.41) is 8.74. The Kier molecular flexibility index (Phi) is 9.20. The predicted octanol–water partition coefficient (Wildman–Crippen LogP) is 1.45. The maximum Gasteiger partial charge on any atom is 0.371 e. The summed E-state index contributed by atoms with van der Waals surface area (Å²) in [5.41, 5.74) is -1.46. The van der Waals surface area contributed by atoms with Crippen molar-refractivity contribution in [2.45, 2.75) is 31.9 Å². The van der Waals surface area contributed by atoms with Gasteiger partial charge in [-0.15, -0.1) is 0 Å². The molecule has 0 aliphatic heterocycles. The maximum absolute atomic E-state index is 13.2. The highest BCUT2D eigenvalue weighted by molar-refractivity contribution is 7.88. The molecule has 0 aliphatic carbocycles. The number of nitro benzene ring substituents is 1. The second-order valence-electron chi connectivity index (χ2n) is 6.57. The first-order chi connectivity index (χ1) is 15.0. The minimum absolute atomic E-state index is 0.347. The fourth-order valence-electron chi connectivity index (χ4n) is 2.02. The fourth-order valence-corrected chi connectivity index (χ4v) is 3.52. The number of carbonyl (C=O) groups excluding carboxylic acids is 2. The van der Waals surface area contributed by atoms with Crippen LogP contribution in [0.15, 0.2) is 18.2 Å². The van der Waals surface area contributed by atoms with Crippen LogP contribution in [0.4, 0.5) is 14.5 Å². The third-order valence-electron chi connectivity index (χ3n) is 4.14. The summed E-state index contributed by atoms with van der Waals surface area (Å²) in [6.45, 7) is 2.86. The highest BCUT2D eigenvalue weighted by Crippen LogP contribution is 2.31. The van der Waals surface area contributed by atoms with Crippen molar-refractivity contribution < 1.29 is 53.6 Å². The number of nitrogens with one attached hydrogen (secondary N) is 1. The molecule has 0 bridgehead atoms. The van der Waals surface area contributed by atoms with E-state index in [1.807, 2.05) is 0 Å². The summed E-state index contributed by atoms with van der Waals surface area (Å²) < 4.78 is 88.8. The average Bonchev–Trinajstić information content (AvgIpc) is 2.70. The Hall–Kier alpha value is -2.92. The normalized spacial score (nSPS) is 13.1. The van der Waals surface area contributed by atoms with Crippen LogP contribution in [0.1, 0.15) is 37.0 Å². The lowest BCUT2D eigenvalue weighted by molar-refractivity contribution is -0.385. The van der Waals surface area contributed by atoms with Crippen LogP contribution in [-0.2, 0) is 29.8 Å². The van der Waals surface area contributed by atoms with Gasteiger partial charge in [0, 0.05) is 18.4 Å². The Bertz CT molecular complexity index is 1120. The Morgan fingerprint density at radius 2 is 1.88 bits per heavy atom. The van der Waals surface area contributed by atoms with Crippen molar-refractivity contribution in [3.8, 4) is 5.75 Å². The zero-order chi connectivity index (χ0) is 25.6. The van der Waals surface area contributed by atoms with Crippen LogP contribution in [0.2, 0.25) is 0 Å². The van der Waals surface area contributed by atoms with E-state index in [9.17, 15) is 45.3 Å². The van der Waals surface area contributed by atoms with Crippen LogP contribution in [0.5, 0.6) is 5.75 Å². The van der Waals surface area contributed by atoms with E-state index >= 15 is 0 Å². The molecular weight excluding hydrogens is 498 g/mol. The first-order valence-corrected chi connectivity index (χ1v) is 12.0. The lowest BCUT2D eigenvalue weighted by atomic mass is 10.1. The smallest absolute Gasteiger partial charge is 0.371 e. The van der Waals surface area contributed by atoms with Gasteiger partial charge in [-0.25, -0.2) is 4.79 Å². The molecule has 1 aromatic carbocycles. The summed E-state index contributed by atoms with van der Waals surface area (Å²) in [4.78, 5) is 33.8. The largest absolute Gasteiger partial charge is 0.441 e. The Balaban J connectivity index is 2.95. The number of esters is 1. The number of halogens is 2.